The maximum Gasteiger partial charge on any atom is 0.121 e. The second-order valence-electron chi connectivity index (χ2n) is 1.45. The third-order valence-corrected chi connectivity index (χ3v) is 0.746. The molecule has 0 fully saturated rings. The van der Waals surface area contributed by atoms with Crippen LogP contribution in [0.15, 0.2) is 36.8 Å². The molecule has 0 saturated heterocycles. The molecular weight excluding hydrogens is 116 g/mol. The molecule has 0 aliphatic rings. The topological polar surface area (TPSA) is 29.5 Å². The van der Waals surface area contributed by atoms with E-state index in [1.807, 2.05) is 0 Å². The van der Waals surface area contributed by atoms with Gasteiger partial charge in [-0.2, -0.15) is 0 Å². The molecule has 2 heteroatoms. The average molecular weight is 126 g/mol. The molecule has 0 heterocycles. The van der Waals surface area contributed by atoms with Gasteiger partial charge in [0.05, 0.1) is 7.11 Å². The third kappa shape index (κ3) is 3.41. The molecule has 2 nitrogen and oxygen atoms in total. The molecule has 0 aromatic carbocycles. The lowest BCUT2D eigenvalue weighted by Crippen LogP contribution is -1.81. The van der Waals surface area contributed by atoms with Crippen molar-refractivity contribution >= 4 is 0 Å². The molecule has 9 heavy (non-hydrogen) atoms. The number of hydrogen-bond acceptors (Lipinski definition) is 2. The molecule has 0 saturated carbocycles. The number of aliphatic hydroxyl groups is 1. The van der Waals surface area contributed by atoms with Gasteiger partial charge in [0, 0.05) is 6.08 Å². The number of ether oxygens (including phenoxy) is 1. The van der Waals surface area contributed by atoms with Gasteiger partial charge < -0.3 is 9.84 Å². The van der Waals surface area contributed by atoms with E-state index in [0.717, 1.165) is 0 Å². The lowest BCUT2D eigenvalue weighted by atomic mass is 10.4. The Morgan fingerprint density at radius 3 is 2.33 bits per heavy atom. The highest BCUT2D eigenvalue weighted by molar-refractivity contribution is 5.17. The van der Waals surface area contributed by atoms with Crippen LogP contribution >= 0.6 is 0 Å². The summed E-state index contributed by atoms with van der Waals surface area (Å²) in [5, 5.41) is 8.59. The standard InChI is InChI=1S/C7H10O2/c1-4-7(9-3)5-6(2)8/h4-5,8H,1-2H2,3H3/b7-5+. The fraction of sp³-hybridized carbons (Fsp3) is 0.143. The second kappa shape index (κ2) is 3.78. The molecule has 0 aromatic heterocycles. The largest absolute Gasteiger partial charge is 0.508 e. The Bertz CT molecular complexity index is 145. The molecule has 0 bridgehead atoms. The van der Waals surface area contributed by atoms with Crippen LogP contribution in [0.4, 0.5) is 0 Å². The van der Waals surface area contributed by atoms with E-state index in [4.69, 9.17) is 9.84 Å². The summed E-state index contributed by atoms with van der Waals surface area (Å²) in [5.41, 5.74) is 0. The van der Waals surface area contributed by atoms with Gasteiger partial charge in [-0.3, -0.25) is 0 Å². The second-order valence-corrected chi connectivity index (χ2v) is 1.45. The van der Waals surface area contributed by atoms with E-state index in [1.165, 1.54) is 19.3 Å². The fourth-order valence-electron chi connectivity index (χ4n) is 0.365. The maximum atomic E-state index is 8.59. The molecule has 0 unspecified atom stereocenters. The van der Waals surface area contributed by atoms with Crippen molar-refractivity contribution in [2.45, 2.75) is 0 Å². The van der Waals surface area contributed by atoms with E-state index < -0.39 is 0 Å². The van der Waals surface area contributed by atoms with E-state index in [2.05, 4.69) is 13.2 Å². The highest BCUT2D eigenvalue weighted by Crippen LogP contribution is 1.98. The van der Waals surface area contributed by atoms with Crippen molar-refractivity contribution in [3.8, 4) is 0 Å². The van der Waals surface area contributed by atoms with E-state index >= 15 is 0 Å². The minimum atomic E-state index is -0.0354. The Kier molecular flexibility index (Phi) is 3.28. The van der Waals surface area contributed by atoms with Gasteiger partial charge in [0.25, 0.3) is 0 Å². The van der Waals surface area contributed by atoms with Gasteiger partial charge in [0.15, 0.2) is 0 Å². The summed E-state index contributed by atoms with van der Waals surface area (Å²) in [6.07, 6.45) is 2.87. The molecule has 0 spiro atoms. The summed E-state index contributed by atoms with van der Waals surface area (Å²) in [5.74, 6) is 0.467. The zero-order chi connectivity index (χ0) is 7.28. The molecule has 50 valence electrons. The first-order valence-corrected chi connectivity index (χ1v) is 2.46. The number of allylic oxidation sites excluding steroid dienone is 2. The summed E-state index contributed by atoms with van der Waals surface area (Å²) >= 11 is 0. The van der Waals surface area contributed by atoms with Crippen LogP contribution in [-0.2, 0) is 4.74 Å². The van der Waals surface area contributed by atoms with Crippen LogP contribution in [0.1, 0.15) is 0 Å². The SMILES string of the molecule is C=C/C(=C\C(=C)O)OC. The summed E-state index contributed by atoms with van der Waals surface area (Å²) in [6.45, 7) is 6.68. The van der Waals surface area contributed by atoms with Crippen molar-refractivity contribution in [1.82, 2.24) is 0 Å². The summed E-state index contributed by atoms with van der Waals surface area (Å²) < 4.78 is 4.73. The van der Waals surface area contributed by atoms with Crippen LogP contribution < -0.4 is 0 Å². The van der Waals surface area contributed by atoms with E-state index in [1.54, 1.807) is 0 Å². The van der Waals surface area contributed by atoms with Gasteiger partial charge in [-0.25, -0.2) is 0 Å². The first-order valence-electron chi connectivity index (χ1n) is 2.46. The van der Waals surface area contributed by atoms with Crippen molar-refractivity contribution in [1.29, 1.82) is 0 Å². The Morgan fingerprint density at radius 1 is 1.67 bits per heavy atom. The summed E-state index contributed by atoms with van der Waals surface area (Å²) in [4.78, 5) is 0. The van der Waals surface area contributed by atoms with Gasteiger partial charge in [-0.15, -0.1) is 0 Å². The smallest absolute Gasteiger partial charge is 0.121 e. The fourth-order valence-corrected chi connectivity index (χ4v) is 0.365. The summed E-state index contributed by atoms with van der Waals surface area (Å²) in [7, 11) is 1.50. The number of aliphatic hydroxyl groups excluding tert-OH is 1. The number of methoxy groups -OCH3 is 1. The zero-order valence-electron chi connectivity index (χ0n) is 5.42. The van der Waals surface area contributed by atoms with Crippen LogP contribution in [-0.4, -0.2) is 12.2 Å². The molecule has 0 amide bonds. The Morgan fingerprint density at radius 2 is 2.22 bits per heavy atom. The van der Waals surface area contributed by atoms with Crippen LogP contribution in [0, 0.1) is 0 Å². The van der Waals surface area contributed by atoms with Crippen molar-refractivity contribution in [3.05, 3.63) is 36.8 Å². The minimum absolute atomic E-state index is 0.0354. The van der Waals surface area contributed by atoms with Crippen LogP contribution in [0.25, 0.3) is 0 Å². The highest BCUT2D eigenvalue weighted by atomic mass is 16.5. The molecule has 0 radical (unpaired) electrons. The highest BCUT2D eigenvalue weighted by Gasteiger charge is 1.86. The Balaban J connectivity index is 4.07. The van der Waals surface area contributed by atoms with E-state index in [-0.39, 0.29) is 5.76 Å². The van der Waals surface area contributed by atoms with Gasteiger partial charge >= 0.3 is 0 Å². The molecule has 0 aliphatic heterocycles. The van der Waals surface area contributed by atoms with Gasteiger partial charge in [-0.05, 0) is 6.08 Å². The first-order chi connectivity index (χ1) is 4.20. The summed E-state index contributed by atoms with van der Waals surface area (Å²) in [6, 6.07) is 0. The predicted octanol–water partition coefficient (Wildman–Crippen LogP) is 1.77. The van der Waals surface area contributed by atoms with Crippen molar-refractivity contribution in [2.75, 3.05) is 7.11 Å². The zero-order valence-corrected chi connectivity index (χ0v) is 5.42. The van der Waals surface area contributed by atoms with Crippen LogP contribution in [0.5, 0.6) is 0 Å². The molecule has 0 aliphatic carbocycles. The monoisotopic (exact) mass is 126 g/mol. The quantitative estimate of drug-likeness (QED) is 0.461. The van der Waals surface area contributed by atoms with E-state index in [9.17, 15) is 0 Å². The Labute approximate surface area is 54.8 Å². The van der Waals surface area contributed by atoms with Crippen molar-refractivity contribution in [2.24, 2.45) is 0 Å². The Hall–Kier alpha value is -1.18. The van der Waals surface area contributed by atoms with Gasteiger partial charge in [-0.1, -0.05) is 13.2 Å². The molecule has 1 N–H and O–H groups in total. The average Bonchev–Trinajstić information content (AvgIpc) is 1.82. The minimum Gasteiger partial charge on any atom is -0.508 e. The van der Waals surface area contributed by atoms with Crippen LogP contribution in [0.3, 0.4) is 0 Å². The third-order valence-electron chi connectivity index (χ3n) is 0.746. The van der Waals surface area contributed by atoms with Gasteiger partial charge in [0.2, 0.25) is 0 Å². The molecule has 0 atom stereocenters. The van der Waals surface area contributed by atoms with Crippen molar-refractivity contribution in [3.63, 3.8) is 0 Å². The van der Waals surface area contributed by atoms with Crippen molar-refractivity contribution < 1.29 is 9.84 Å². The van der Waals surface area contributed by atoms with Gasteiger partial charge in [0.1, 0.15) is 11.5 Å². The van der Waals surface area contributed by atoms with E-state index in [0.29, 0.717) is 5.76 Å². The predicted molar refractivity (Wildman–Crippen MR) is 37.1 cm³/mol. The first kappa shape index (κ1) is 7.82. The lowest BCUT2D eigenvalue weighted by Gasteiger charge is -1.96. The number of rotatable bonds is 3. The maximum absolute atomic E-state index is 8.59. The molecule has 0 aromatic rings. The molecular formula is C7H10O2. The number of hydrogen-bond donors (Lipinski definition) is 1. The molecule has 0 rings (SSSR count). The van der Waals surface area contributed by atoms with Crippen LogP contribution in [0.2, 0.25) is 0 Å². The lowest BCUT2D eigenvalue weighted by molar-refractivity contribution is 0.303. The normalized spacial score (nSPS) is 10.6.